The van der Waals surface area contributed by atoms with Crippen LogP contribution in [0.25, 0.3) is 22.8 Å². The van der Waals surface area contributed by atoms with Gasteiger partial charge in [-0.1, -0.05) is 30.3 Å². The van der Waals surface area contributed by atoms with Gasteiger partial charge >= 0.3 is 0 Å². The average molecular weight is 467 g/mol. The Morgan fingerprint density at radius 2 is 1.45 bits per heavy atom. The molecule has 33 heavy (non-hydrogen) atoms. The highest BCUT2D eigenvalue weighted by atomic mass is 32.2. The molecule has 0 radical (unpaired) electrons. The van der Waals surface area contributed by atoms with Crippen LogP contribution >= 0.6 is 0 Å². The minimum absolute atomic E-state index is 0.0786. The number of sulfonamides is 1. The second-order valence-electron chi connectivity index (χ2n) is 6.94. The molecule has 0 saturated heterocycles. The SMILES string of the molecule is COc1cc(NS(=O)(=O)c2ccc(-c3ncc(-c4ccccc4)o3)cc2)cc(OC)c1OC. The highest BCUT2D eigenvalue weighted by Crippen LogP contribution is 2.40. The third-order valence-corrected chi connectivity index (χ3v) is 6.29. The number of hydrogen-bond acceptors (Lipinski definition) is 7. The van der Waals surface area contributed by atoms with E-state index in [2.05, 4.69) is 9.71 Å². The van der Waals surface area contributed by atoms with Crippen molar-refractivity contribution < 1.29 is 27.0 Å². The molecule has 0 saturated carbocycles. The zero-order valence-corrected chi connectivity index (χ0v) is 19.0. The molecule has 1 N–H and O–H groups in total. The third-order valence-electron chi connectivity index (χ3n) is 4.89. The summed E-state index contributed by atoms with van der Waals surface area (Å²) >= 11 is 0. The van der Waals surface area contributed by atoms with Crippen molar-refractivity contribution in [2.24, 2.45) is 0 Å². The van der Waals surface area contributed by atoms with Crippen molar-refractivity contribution in [3.8, 4) is 40.0 Å². The molecule has 4 rings (SSSR count). The van der Waals surface area contributed by atoms with Crippen molar-refractivity contribution in [2.75, 3.05) is 26.1 Å². The Kier molecular flexibility index (Phi) is 6.23. The van der Waals surface area contributed by atoms with Crippen LogP contribution in [-0.4, -0.2) is 34.7 Å². The molecule has 170 valence electrons. The smallest absolute Gasteiger partial charge is 0.261 e. The van der Waals surface area contributed by atoms with Crippen LogP contribution in [0.1, 0.15) is 0 Å². The predicted octanol–water partition coefficient (Wildman–Crippen LogP) is 4.84. The Hall–Kier alpha value is -3.98. The van der Waals surface area contributed by atoms with Gasteiger partial charge in [0.25, 0.3) is 10.0 Å². The Balaban J connectivity index is 1.57. The first-order chi connectivity index (χ1) is 15.9. The van der Waals surface area contributed by atoms with Gasteiger partial charge in [0, 0.05) is 23.3 Å². The summed E-state index contributed by atoms with van der Waals surface area (Å²) < 4.78 is 50.1. The van der Waals surface area contributed by atoms with Crippen molar-refractivity contribution >= 4 is 15.7 Å². The number of hydrogen-bond donors (Lipinski definition) is 1. The lowest BCUT2D eigenvalue weighted by Crippen LogP contribution is -2.13. The zero-order valence-electron chi connectivity index (χ0n) is 18.2. The summed E-state index contributed by atoms with van der Waals surface area (Å²) in [6, 6.07) is 18.9. The lowest BCUT2D eigenvalue weighted by atomic mass is 10.2. The van der Waals surface area contributed by atoms with Gasteiger partial charge in [-0.15, -0.1) is 0 Å². The lowest BCUT2D eigenvalue weighted by molar-refractivity contribution is 0.325. The molecular weight excluding hydrogens is 444 g/mol. The number of aromatic nitrogens is 1. The van der Waals surface area contributed by atoms with E-state index in [9.17, 15) is 8.42 Å². The second-order valence-corrected chi connectivity index (χ2v) is 8.62. The maximum atomic E-state index is 12.9. The first kappa shape index (κ1) is 22.2. The third kappa shape index (κ3) is 4.63. The molecular formula is C24H22N2O6S. The number of benzene rings is 3. The standard InChI is InChI=1S/C24H22N2O6S/c1-29-20-13-18(14-21(30-2)23(20)31-3)26-33(27,28)19-11-9-17(10-12-19)24-25-15-22(32-24)16-7-5-4-6-8-16/h4-15,26H,1-3H3. The Labute approximate surface area is 191 Å². The van der Waals surface area contributed by atoms with Gasteiger partial charge < -0.3 is 18.6 Å². The van der Waals surface area contributed by atoms with E-state index in [0.29, 0.717) is 34.5 Å². The van der Waals surface area contributed by atoms with Crippen LogP contribution in [0.4, 0.5) is 5.69 Å². The van der Waals surface area contributed by atoms with Crippen molar-refractivity contribution in [1.29, 1.82) is 0 Å². The molecule has 9 heteroatoms. The molecule has 1 aromatic heterocycles. The fraction of sp³-hybridized carbons (Fsp3) is 0.125. The van der Waals surface area contributed by atoms with Crippen LogP contribution < -0.4 is 18.9 Å². The maximum absolute atomic E-state index is 12.9. The summed E-state index contributed by atoms with van der Waals surface area (Å²) in [5.41, 5.74) is 1.84. The number of oxazole rings is 1. The number of nitrogens with zero attached hydrogens (tertiary/aromatic N) is 1. The molecule has 0 unspecified atom stereocenters. The van der Waals surface area contributed by atoms with Gasteiger partial charge in [0.1, 0.15) is 0 Å². The van der Waals surface area contributed by atoms with E-state index in [0.717, 1.165) is 5.56 Å². The van der Waals surface area contributed by atoms with E-state index in [1.165, 1.54) is 45.6 Å². The Morgan fingerprint density at radius 1 is 0.818 bits per heavy atom. The second kappa shape index (κ2) is 9.25. The van der Waals surface area contributed by atoms with Crippen molar-refractivity contribution in [3.05, 3.63) is 72.9 Å². The molecule has 0 amide bonds. The topological polar surface area (TPSA) is 99.9 Å². The van der Waals surface area contributed by atoms with Crippen molar-refractivity contribution in [2.45, 2.75) is 4.90 Å². The fourth-order valence-corrected chi connectivity index (χ4v) is 4.31. The molecule has 0 aliphatic rings. The first-order valence-electron chi connectivity index (χ1n) is 9.89. The summed E-state index contributed by atoms with van der Waals surface area (Å²) in [6.07, 6.45) is 1.64. The maximum Gasteiger partial charge on any atom is 0.261 e. The largest absolute Gasteiger partial charge is 0.493 e. The number of methoxy groups -OCH3 is 3. The van der Waals surface area contributed by atoms with Crippen LogP contribution in [0.2, 0.25) is 0 Å². The Morgan fingerprint density at radius 3 is 2.03 bits per heavy atom. The van der Waals surface area contributed by atoms with E-state index < -0.39 is 10.0 Å². The molecule has 0 atom stereocenters. The molecule has 4 aromatic rings. The predicted molar refractivity (Wildman–Crippen MR) is 124 cm³/mol. The van der Waals surface area contributed by atoms with E-state index in [1.54, 1.807) is 18.3 Å². The van der Waals surface area contributed by atoms with Crippen LogP contribution in [-0.2, 0) is 10.0 Å². The van der Waals surface area contributed by atoms with Crippen LogP contribution in [0.5, 0.6) is 17.2 Å². The normalized spacial score (nSPS) is 11.1. The van der Waals surface area contributed by atoms with Crippen molar-refractivity contribution in [1.82, 2.24) is 4.98 Å². The number of ether oxygens (including phenoxy) is 3. The van der Waals surface area contributed by atoms with Gasteiger partial charge in [-0.3, -0.25) is 4.72 Å². The summed E-state index contributed by atoms with van der Waals surface area (Å²) in [7, 11) is 0.519. The molecule has 3 aromatic carbocycles. The van der Waals surface area contributed by atoms with Crippen LogP contribution in [0, 0.1) is 0 Å². The fourth-order valence-electron chi connectivity index (χ4n) is 3.27. The van der Waals surface area contributed by atoms with Gasteiger partial charge in [0.05, 0.1) is 38.1 Å². The number of rotatable bonds is 8. The number of anilines is 1. The molecule has 8 nitrogen and oxygen atoms in total. The molecule has 0 spiro atoms. The summed E-state index contributed by atoms with van der Waals surface area (Å²) in [6.45, 7) is 0. The molecule has 0 aliphatic carbocycles. The summed E-state index contributed by atoms with van der Waals surface area (Å²) in [5, 5.41) is 0. The monoisotopic (exact) mass is 466 g/mol. The minimum atomic E-state index is -3.87. The molecule has 0 aliphatic heterocycles. The molecule has 1 heterocycles. The van der Waals surface area contributed by atoms with E-state index in [-0.39, 0.29) is 10.6 Å². The van der Waals surface area contributed by atoms with Gasteiger partial charge in [-0.25, -0.2) is 13.4 Å². The zero-order chi connectivity index (χ0) is 23.4. The van der Waals surface area contributed by atoms with E-state index in [1.807, 2.05) is 30.3 Å². The quantitative estimate of drug-likeness (QED) is 0.397. The van der Waals surface area contributed by atoms with Gasteiger partial charge in [0.2, 0.25) is 11.6 Å². The highest BCUT2D eigenvalue weighted by Gasteiger charge is 2.19. The van der Waals surface area contributed by atoms with Crippen molar-refractivity contribution in [3.63, 3.8) is 0 Å². The van der Waals surface area contributed by atoms with Gasteiger partial charge in [0.15, 0.2) is 17.3 Å². The highest BCUT2D eigenvalue weighted by molar-refractivity contribution is 7.92. The van der Waals surface area contributed by atoms with Crippen LogP contribution in [0.15, 0.2) is 82.2 Å². The molecule has 0 fully saturated rings. The summed E-state index contributed by atoms with van der Waals surface area (Å²) in [5.74, 6) is 2.07. The molecule has 0 bridgehead atoms. The first-order valence-corrected chi connectivity index (χ1v) is 11.4. The Bertz CT molecular complexity index is 1320. The summed E-state index contributed by atoms with van der Waals surface area (Å²) in [4.78, 5) is 4.38. The van der Waals surface area contributed by atoms with E-state index in [4.69, 9.17) is 18.6 Å². The lowest BCUT2D eigenvalue weighted by Gasteiger charge is -2.15. The van der Waals surface area contributed by atoms with Crippen LogP contribution in [0.3, 0.4) is 0 Å². The minimum Gasteiger partial charge on any atom is -0.493 e. The van der Waals surface area contributed by atoms with Gasteiger partial charge in [-0.2, -0.15) is 0 Å². The van der Waals surface area contributed by atoms with E-state index >= 15 is 0 Å². The average Bonchev–Trinajstić information content (AvgIpc) is 3.34. The van der Waals surface area contributed by atoms with Gasteiger partial charge in [-0.05, 0) is 24.3 Å². The number of nitrogens with one attached hydrogen (secondary N) is 1.